The summed E-state index contributed by atoms with van der Waals surface area (Å²) >= 11 is 6.12. The number of aryl methyl sites for hydroxylation is 2. The first kappa shape index (κ1) is 21.8. The number of anilines is 1. The Morgan fingerprint density at radius 3 is 2.47 bits per heavy atom. The predicted octanol–water partition coefficient (Wildman–Crippen LogP) is 3.09. The number of aromatic nitrogens is 2. The summed E-state index contributed by atoms with van der Waals surface area (Å²) in [5.41, 5.74) is 2.84. The van der Waals surface area contributed by atoms with Crippen LogP contribution in [0.2, 0.25) is 5.02 Å². The van der Waals surface area contributed by atoms with Crippen LogP contribution in [0.25, 0.3) is 11.4 Å². The van der Waals surface area contributed by atoms with Crippen LogP contribution in [-0.2, 0) is 21.4 Å². The lowest BCUT2D eigenvalue weighted by molar-refractivity contribution is -0.119. The van der Waals surface area contributed by atoms with Crippen molar-refractivity contribution < 1.29 is 17.7 Å². The first-order valence-corrected chi connectivity index (χ1v) is 11.3. The van der Waals surface area contributed by atoms with Crippen molar-refractivity contribution in [3.8, 4) is 11.4 Å². The van der Waals surface area contributed by atoms with Crippen LogP contribution in [0, 0.1) is 13.8 Å². The molecule has 2 aromatic carbocycles. The van der Waals surface area contributed by atoms with E-state index in [-0.39, 0.29) is 19.0 Å². The SMILES string of the molecule is Cc1cc(C)cc(N(CC(=O)NCc2nc(-c3ccccc3Cl)no2)S(C)(=O)=O)c1. The van der Waals surface area contributed by atoms with E-state index in [4.69, 9.17) is 16.1 Å². The van der Waals surface area contributed by atoms with Crippen molar-refractivity contribution in [1.29, 1.82) is 0 Å². The average molecular weight is 449 g/mol. The second kappa shape index (κ2) is 8.85. The van der Waals surface area contributed by atoms with Gasteiger partial charge in [-0.1, -0.05) is 35.0 Å². The molecule has 0 fully saturated rings. The van der Waals surface area contributed by atoms with Gasteiger partial charge < -0.3 is 9.84 Å². The summed E-state index contributed by atoms with van der Waals surface area (Å²) in [4.78, 5) is 16.6. The largest absolute Gasteiger partial charge is 0.345 e. The van der Waals surface area contributed by atoms with E-state index in [1.807, 2.05) is 19.9 Å². The number of nitrogens with one attached hydrogen (secondary N) is 1. The van der Waals surface area contributed by atoms with Crippen molar-refractivity contribution in [3.05, 3.63) is 64.5 Å². The lowest BCUT2D eigenvalue weighted by Crippen LogP contribution is -2.40. The number of carbonyl (C=O) groups is 1. The van der Waals surface area contributed by atoms with Crippen molar-refractivity contribution in [2.45, 2.75) is 20.4 Å². The van der Waals surface area contributed by atoms with Crippen LogP contribution >= 0.6 is 11.6 Å². The predicted molar refractivity (Wildman–Crippen MR) is 115 cm³/mol. The molecule has 0 radical (unpaired) electrons. The molecule has 3 rings (SSSR count). The van der Waals surface area contributed by atoms with Crippen molar-refractivity contribution in [2.24, 2.45) is 0 Å². The van der Waals surface area contributed by atoms with E-state index in [9.17, 15) is 13.2 Å². The molecule has 1 N–H and O–H groups in total. The third kappa shape index (κ3) is 5.37. The molecule has 158 valence electrons. The van der Waals surface area contributed by atoms with Crippen molar-refractivity contribution in [2.75, 3.05) is 17.1 Å². The Hall–Kier alpha value is -2.91. The van der Waals surface area contributed by atoms with Crippen LogP contribution in [0.15, 0.2) is 47.0 Å². The van der Waals surface area contributed by atoms with Gasteiger partial charge in [-0.3, -0.25) is 9.10 Å². The number of rotatable bonds is 7. The molecule has 8 nitrogen and oxygen atoms in total. The van der Waals surface area contributed by atoms with E-state index in [1.54, 1.807) is 36.4 Å². The zero-order valence-corrected chi connectivity index (χ0v) is 18.3. The van der Waals surface area contributed by atoms with Gasteiger partial charge in [0.2, 0.25) is 27.6 Å². The van der Waals surface area contributed by atoms with E-state index in [0.29, 0.717) is 22.1 Å². The highest BCUT2D eigenvalue weighted by molar-refractivity contribution is 7.92. The molecule has 1 aromatic heterocycles. The number of nitrogens with zero attached hydrogens (tertiary/aromatic N) is 3. The minimum Gasteiger partial charge on any atom is -0.345 e. The fourth-order valence-electron chi connectivity index (χ4n) is 2.93. The van der Waals surface area contributed by atoms with Gasteiger partial charge in [-0.15, -0.1) is 0 Å². The van der Waals surface area contributed by atoms with Crippen LogP contribution in [0.4, 0.5) is 5.69 Å². The van der Waals surface area contributed by atoms with Crippen LogP contribution < -0.4 is 9.62 Å². The Kier molecular flexibility index (Phi) is 6.42. The van der Waals surface area contributed by atoms with E-state index in [1.165, 1.54) is 0 Å². The van der Waals surface area contributed by atoms with Crippen molar-refractivity contribution in [3.63, 3.8) is 0 Å². The molecule has 0 bridgehead atoms. The third-order valence-electron chi connectivity index (χ3n) is 4.20. The van der Waals surface area contributed by atoms with Gasteiger partial charge >= 0.3 is 0 Å². The molecular weight excluding hydrogens is 428 g/mol. The minimum absolute atomic E-state index is 0.0409. The molecule has 3 aromatic rings. The summed E-state index contributed by atoms with van der Waals surface area (Å²) in [5.74, 6) is -0.0227. The second-order valence-corrected chi connectivity index (χ2v) is 9.20. The summed E-state index contributed by atoms with van der Waals surface area (Å²) in [5, 5.41) is 6.95. The standard InChI is InChI=1S/C20H21ClN4O4S/c1-13-8-14(2)10-15(9-13)25(30(3,27)28)12-18(26)22-11-19-23-20(24-29-19)16-6-4-5-7-17(16)21/h4-10H,11-12H2,1-3H3,(H,22,26). The molecule has 0 atom stereocenters. The van der Waals surface area contributed by atoms with Gasteiger partial charge in [-0.2, -0.15) is 4.98 Å². The lowest BCUT2D eigenvalue weighted by atomic mass is 10.1. The normalized spacial score (nSPS) is 11.3. The van der Waals surface area contributed by atoms with Crippen LogP contribution in [0.1, 0.15) is 17.0 Å². The Labute approximate surface area is 179 Å². The van der Waals surface area contributed by atoms with Gasteiger partial charge in [0.05, 0.1) is 23.5 Å². The second-order valence-electron chi connectivity index (χ2n) is 6.88. The number of hydrogen-bond acceptors (Lipinski definition) is 6. The fraction of sp³-hybridized carbons (Fsp3) is 0.250. The number of sulfonamides is 1. The number of carbonyl (C=O) groups excluding carboxylic acids is 1. The van der Waals surface area contributed by atoms with E-state index in [0.717, 1.165) is 21.7 Å². The number of hydrogen-bond donors (Lipinski definition) is 1. The fourth-order valence-corrected chi connectivity index (χ4v) is 3.99. The minimum atomic E-state index is -3.66. The summed E-state index contributed by atoms with van der Waals surface area (Å²) in [7, 11) is -3.66. The first-order valence-electron chi connectivity index (χ1n) is 9.03. The quantitative estimate of drug-likeness (QED) is 0.595. The van der Waals surface area contributed by atoms with Gasteiger partial charge in [-0.05, 0) is 49.2 Å². The molecule has 0 saturated carbocycles. The van der Waals surface area contributed by atoms with Gasteiger partial charge in [0.15, 0.2) is 0 Å². The van der Waals surface area contributed by atoms with Gasteiger partial charge in [-0.25, -0.2) is 8.42 Å². The first-order chi connectivity index (χ1) is 14.1. The summed E-state index contributed by atoms with van der Waals surface area (Å²) in [6.07, 6.45) is 1.06. The van der Waals surface area contributed by atoms with Crippen LogP contribution in [0.5, 0.6) is 0 Å². The molecule has 10 heteroatoms. The Bertz CT molecular complexity index is 1160. The van der Waals surface area contributed by atoms with Crippen LogP contribution in [0.3, 0.4) is 0 Å². The summed E-state index contributed by atoms with van der Waals surface area (Å²) in [6, 6.07) is 12.4. The maximum Gasteiger partial charge on any atom is 0.246 e. The van der Waals surface area contributed by atoms with Crippen molar-refractivity contribution in [1.82, 2.24) is 15.5 Å². The molecule has 1 amide bonds. The summed E-state index contributed by atoms with van der Waals surface area (Å²) in [6.45, 7) is 3.32. The van der Waals surface area contributed by atoms with E-state index >= 15 is 0 Å². The molecule has 30 heavy (non-hydrogen) atoms. The van der Waals surface area contributed by atoms with E-state index < -0.39 is 15.9 Å². The van der Waals surface area contributed by atoms with Gasteiger partial charge in [0.1, 0.15) is 6.54 Å². The molecule has 1 heterocycles. The Balaban J connectivity index is 1.69. The molecular formula is C20H21ClN4O4S. The van der Waals surface area contributed by atoms with Crippen molar-refractivity contribution >= 4 is 33.2 Å². The molecule has 0 aliphatic rings. The number of halogens is 1. The van der Waals surface area contributed by atoms with Crippen LogP contribution in [-0.4, -0.2) is 37.3 Å². The molecule has 0 aliphatic carbocycles. The molecule has 0 saturated heterocycles. The summed E-state index contributed by atoms with van der Waals surface area (Å²) < 4.78 is 30.7. The average Bonchev–Trinajstić information content (AvgIpc) is 3.12. The van der Waals surface area contributed by atoms with Gasteiger partial charge in [0, 0.05) is 5.56 Å². The maximum atomic E-state index is 12.4. The smallest absolute Gasteiger partial charge is 0.246 e. The molecule has 0 aliphatic heterocycles. The third-order valence-corrected chi connectivity index (χ3v) is 5.67. The number of amides is 1. The highest BCUT2D eigenvalue weighted by Crippen LogP contribution is 2.25. The Morgan fingerprint density at radius 1 is 1.17 bits per heavy atom. The topological polar surface area (TPSA) is 105 Å². The highest BCUT2D eigenvalue weighted by atomic mass is 35.5. The molecule has 0 spiro atoms. The maximum absolute atomic E-state index is 12.4. The zero-order valence-electron chi connectivity index (χ0n) is 16.7. The Morgan fingerprint density at radius 2 is 1.83 bits per heavy atom. The lowest BCUT2D eigenvalue weighted by Gasteiger charge is -2.22. The van der Waals surface area contributed by atoms with E-state index in [2.05, 4.69) is 15.5 Å². The van der Waals surface area contributed by atoms with Gasteiger partial charge in [0.25, 0.3) is 0 Å². The zero-order chi connectivity index (χ0) is 21.9. The monoisotopic (exact) mass is 448 g/mol. The molecule has 0 unspecified atom stereocenters. The number of benzene rings is 2. The highest BCUT2D eigenvalue weighted by Gasteiger charge is 2.22.